The van der Waals surface area contributed by atoms with Crippen molar-refractivity contribution in [1.29, 1.82) is 0 Å². The highest BCUT2D eigenvalue weighted by atomic mass is 19.4. The number of benzene rings is 1. The van der Waals surface area contributed by atoms with E-state index in [-0.39, 0.29) is 37.6 Å². The maximum Gasteiger partial charge on any atom is 0.414 e. The summed E-state index contributed by atoms with van der Waals surface area (Å²) in [5.41, 5.74) is 0.887. The van der Waals surface area contributed by atoms with Crippen LogP contribution in [0.4, 0.5) is 13.2 Å². The number of hydrogen-bond donors (Lipinski definition) is 1. The van der Waals surface area contributed by atoms with Gasteiger partial charge in [0.2, 0.25) is 0 Å². The SMILES string of the molecule is CC(=O)c1ccc(C(=O)N2CCC(C(O)C(F)(F)F)CC2)cc1. The molecule has 1 heterocycles. The molecular formula is C16H18F3NO3. The molecule has 7 heteroatoms. The normalized spacial score (nSPS) is 17.9. The van der Waals surface area contributed by atoms with Gasteiger partial charge in [-0.15, -0.1) is 0 Å². The Labute approximate surface area is 131 Å². The van der Waals surface area contributed by atoms with E-state index in [4.69, 9.17) is 0 Å². The second-order valence-corrected chi connectivity index (χ2v) is 5.75. The molecule has 126 valence electrons. The summed E-state index contributed by atoms with van der Waals surface area (Å²) in [4.78, 5) is 25.0. The van der Waals surface area contributed by atoms with Gasteiger partial charge in [-0.3, -0.25) is 9.59 Å². The standard InChI is InChI=1S/C16H18F3NO3/c1-10(21)11-2-4-13(5-3-11)15(23)20-8-6-12(7-9-20)14(22)16(17,18)19/h2-5,12,14,22H,6-9H2,1H3. The third-order valence-corrected chi connectivity index (χ3v) is 4.15. The predicted molar refractivity (Wildman–Crippen MR) is 77.1 cm³/mol. The van der Waals surface area contributed by atoms with Gasteiger partial charge in [-0.25, -0.2) is 0 Å². The van der Waals surface area contributed by atoms with E-state index in [9.17, 15) is 27.9 Å². The maximum atomic E-state index is 12.5. The molecule has 4 nitrogen and oxygen atoms in total. The van der Waals surface area contributed by atoms with Crippen molar-refractivity contribution in [2.24, 2.45) is 5.92 Å². The molecule has 1 fully saturated rings. The molecule has 1 N–H and O–H groups in total. The topological polar surface area (TPSA) is 57.6 Å². The number of aliphatic hydroxyl groups excluding tert-OH is 1. The largest absolute Gasteiger partial charge is 0.414 e. The summed E-state index contributed by atoms with van der Waals surface area (Å²) in [6.07, 6.45) is -6.75. The number of aliphatic hydroxyl groups is 1. The molecule has 1 aliphatic rings. The van der Waals surface area contributed by atoms with Crippen LogP contribution < -0.4 is 0 Å². The van der Waals surface area contributed by atoms with Crippen molar-refractivity contribution >= 4 is 11.7 Å². The van der Waals surface area contributed by atoms with Crippen molar-refractivity contribution in [3.05, 3.63) is 35.4 Å². The van der Waals surface area contributed by atoms with Gasteiger partial charge in [0, 0.05) is 24.2 Å². The fraction of sp³-hybridized carbons (Fsp3) is 0.500. The zero-order chi connectivity index (χ0) is 17.2. The predicted octanol–water partition coefficient (Wildman–Crippen LogP) is 2.66. The fourth-order valence-electron chi connectivity index (χ4n) is 2.72. The Bertz CT molecular complexity index is 575. The van der Waals surface area contributed by atoms with E-state index in [1.807, 2.05) is 0 Å². The lowest BCUT2D eigenvalue weighted by atomic mass is 9.90. The van der Waals surface area contributed by atoms with E-state index in [2.05, 4.69) is 0 Å². The first-order chi connectivity index (χ1) is 10.7. The molecule has 0 bridgehead atoms. The number of halogens is 3. The van der Waals surface area contributed by atoms with Crippen LogP contribution in [0.3, 0.4) is 0 Å². The van der Waals surface area contributed by atoms with Crippen LogP contribution in [0, 0.1) is 5.92 Å². The Morgan fingerprint density at radius 2 is 1.61 bits per heavy atom. The average molecular weight is 329 g/mol. The van der Waals surface area contributed by atoms with Crippen molar-refractivity contribution in [1.82, 2.24) is 4.90 Å². The number of Topliss-reactive ketones (excluding diaryl/α,β-unsaturated/α-hetero) is 1. The molecule has 1 aromatic carbocycles. The van der Waals surface area contributed by atoms with Crippen LogP contribution in [0.1, 0.15) is 40.5 Å². The third-order valence-electron chi connectivity index (χ3n) is 4.15. The third kappa shape index (κ3) is 4.10. The van der Waals surface area contributed by atoms with Crippen molar-refractivity contribution in [2.45, 2.75) is 32.0 Å². The van der Waals surface area contributed by atoms with Crippen LogP contribution in [0.15, 0.2) is 24.3 Å². The van der Waals surface area contributed by atoms with Crippen molar-refractivity contribution < 1.29 is 27.9 Å². The number of nitrogens with zero attached hydrogens (tertiary/aromatic N) is 1. The summed E-state index contributed by atoms with van der Waals surface area (Å²) >= 11 is 0. The lowest BCUT2D eigenvalue weighted by Crippen LogP contribution is -2.45. The van der Waals surface area contributed by atoms with Gasteiger partial charge in [-0.2, -0.15) is 13.2 Å². The second-order valence-electron chi connectivity index (χ2n) is 5.75. The number of likely N-dealkylation sites (tertiary alicyclic amines) is 1. The van der Waals surface area contributed by atoms with Crippen LogP contribution in [-0.2, 0) is 0 Å². The minimum Gasteiger partial charge on any atom is -0.383 e. The van der Waals surface area contributed by atoms with Gasteiger partial charge in [0.15, 0.2) is 11.9 Å². The fourth-order valence-corrected chi connectivity index (χ4v) is 2.72. The van der Waals surface area contributed by atoms with E-state index < -0.39 is 18.2 Å². The monoisotopic (exact) mass is 329 g/mol. The van der Waals surface area contributed by atoms with Crippen molar-refractivity contribution in [3.63, 3.8) is 0 Å². The van der Waals surface area contributed by atoms with Crippen molar-refractivity contribution in [2.75, 3.05) is 13.1 Å². The van der Waals surface area contributed by atoms with Crippen LogP contribution in [0.25, 0.3) is 0 Å². The van der Waals surface area contributed by atoms with E-state index in [1.165, 1.54) is 24.0 Å². The smallest absolute Gasteiger partial charge is 0.383 e. The zero-order valence-electron chi connectivity index (χ0n) is 12.6. The lowest BCUT2D eigenvalue weighted by molar-refractivity contribution is -0.222. The Morgan fingerprint density at radius 3 is 2.04 bits per heavy atom. The Morgan fingerprint density at radius 1 is 1.13 bits per heavy atom. The molecular weight excluding hydrogens is 311 g/mol. The van der Waals surface area contributed by atoms with Gasteiger partial charge in [-0.1, -0.05) is 12.1 Å². The Kier molecular flexibility index (Phi) is 5.09. The van der Waals surface area contributed by atoms with Gasteiger partial charge in [0.05, 0.1) is 0 Å². The van der Waals surface area contributed by atoms with Crippen LogP contribution in [-0.4, -0.2) is 47.1 Å². The molecule has 1 atom stereocenters. The minimum atomic E-state index is -4.63. The van der Waals surface area contributed by atoms with E-state index in [1.54, 1.807) is 12.1 Å². The summed E-state index contributed by atoms with van der Waals surface area (Å²) in [5.74, 6) is -1.26. The first-order valence-corrected chi connectivity index (χ1v) is 7.35. The summed E-state index contributed by atoms with van der Waals surface area (Å²) in [6.45, 7) is 1.77. The molecule has 0 saturated carbocycles. The van der Waals surface area contributed by atoms with Crippen molar-refractivity contribution in [3.8, 4) is 0 Å². The number of alkyl halides is 3. The molecule has 1 unspecified atom stereocenters. The van der Waals surface area contributed by atoms with Crippen LogP contribution in [0.2, 0.25) is 0 Å². The molecule has 0 spiro atoms. The molecule has 23 heavy (non-hydrogen) atoms. The summed E-state index contributed by atoms with van der Waals surface area (Å²) < 4.78 is 37.5. The first-order valence-electron chi connectivity index (χ1n) is 7.35. The van der Waals surface area contributed by atoms with Crippen LogP contribution >= 0.6 is 0 Å². The number of carbonyl (C=O) groups excluding carboxylic acids is 2. The number of carbonyl (C=O) groups is 2. The van der Waals surface area contributed by atoms with Gasteiger partial charge in [-0.05, 0) is 37.8 Å². The van der Waals surface area contributed by atoms with Gasteiger partial charge in [0.25, 0.3) is 5.91 Å². The highest BCUT2D eigenvalue weighted by Crippen LogP contribution is 2.31. The Hall–Kier alpha value is -1.89. The van der Waals surface area contributed by atoms with Crippen LogP contribution in [0.5, 0.6) is 0 Å². The van der Waals surface area contributed by atoms with E-state index in [0.717, 1.165) is 0 Å². The van der Waals surface area contributed by atoms with Gasteiger partial charge >= 0.3 is 6.18 Å². The quantitative estimate of drug-likeness (QED) is 0.868. The van der Waals surface area contributed by atoms with E-state index >= 15 is 0 Å². The minimum absolute atomic E-state index is 0.106. The summed E-state index contributed by atoms with van der Waals surface area (Å²) in [7, 11) is 0. The number of piperidine rings is 1. The number of hydrogen-bond acceptors (Lipinski definition) is 3. The molecule has 1 saturated heterocycles. The molecule has 0 radical (unpaired) electrons. The number of rotatable bonds is 3. The molecule has 1 aromatic rings. The zero-order valence-corrected chi connectivity index (χ0v) is 12.6. The summed E-state index contributed by atoms with van der Waals surface area (Å²) in [5, 5.41) is 9.27. The summed E-state index contributed by atoms with van der Waals surface area (Å²) in [6, 6.07) is 6.18. The Balaban J connectivity index is 1.97. The van der Waals surface area contributed by atoms with E-state index in [0.29, 0.717) is 11.1 Å². The molecule has 1 amide bonds. The van der Waals surface area contributed by atoms with Gasteiger partial charge in [0.1, 0.15) is 0 Å². The van der Waals surface area contributed by atoms with Gasteiger partial charge < -0.3 is 10.0 Å². The first kappa shape index (κ1) is 17.5. The molecule has 1 aliphatic heterocycles. The number of ketones is 1. The maximum absolute atomic E-state index is 12.5. The average Bonchev–Trinajstić information content (AvgIpc) is 2.53. The lowest BCUT2D eigenvalue weighted by Gasteiger charge is -2.34. The second kappa shape index (κ2) is 6.70. The molecule has 2 rings (SSSR count). The number of amides is 1. The molecule has 0 aromatic heterocycles. The highest BCUT2D eigenvalue weighted by Gasteiger charge is 2.44. The highest BCUT2D eigenvalue weighted by molar-refractivity contribution is 5.97. The molecule has 0 aliphatic carbocycles.